The summed E-state index contributed by atoms with van der Waals surface area (Å²) in [4.78, 5) is 14.3. The lowest BCUT2D eigenvalue weighted by molar-refractivity contribution is 0.0693. The lowest BCUT2D eigenvalue weighted by Gasteiger charge is -2.22. The topological polar surface area (TPSA) is 64.2 Å². The maximum atomic E-state index is 12.4. The molecule has 19 heavy (non-hydrogen) atoms. The van der Waals surface area contributed by atoms with Gasteiger partial charge in [-0.15, -0.1) is 0 Å². The Morgan fingerprint density at radius 3 is 3.00 bits per heavy atom. The molecule has 0 aromatic carbocycles. The summed E-state index contributed by atoms with van der Waals surface area (Å²) < 4.78 is 6.82. The minimum Gasteiger partial charge on any atom is -0.351 e. The lowest BCUT2D eigenvalue weighted by Crippen LogP contribution is -2.30. The second-order valence-corrected chi connectivity index (χ2v) is 4.94. The Morgan fingerprint density at radius 1 is 1.53 bits per heavy atom. The molecule has 0 spiro atoms. The molecule has 0 N–H and O–H groups in total. The predicted molar refractivity (Wildman–Crippen MR) is 67.5 cm³/mol. The molecule has 0 saturated carbocycles. The van der Waals surface area contributed by atoms with Gasteiger partial charge >= 0.3 is 0 Å². The number of rotatable bonds is 2. The smallest absolute Gasteiger partial charge is 0.292 e. The molecular formula is C13H16N4O2. The molecule has 1 amide bonds. The first-order valence-corrected chi connectivity index (χ1v) is 6.38. The summed E-state index contributed by atoms with van der Waals surface area (Å²) in [6.45, 7) is 2.56. The average Bonchev–Trinajstić information content (AvgIpc) is 3.07. The van der Waals surface area contributed by atoms with E-state index in [0.29, 0.717) is 5.76 Å². The summed E-state index contributed by atoms with van der Waals surface area (Å²) in [6.07, 6.45) is 5.74. The summed E-state index contributed by atoms with van der Waals surface area (Å²) in [6, 6.07) is 1.77. The van der Waals surface area contributed by atoms with Crippen LogP contribution in [0.4, 0.5) is 0 Å². The number of aryl methyl sites for hydroxylation is 2. The molecule has 2 aromatic rings. The zero-order valence-electron chi connectivity index (χ0n) is 11.0. The van der Waals surface area contributed by atoms with Crippen molar-refractivity contribution in [3.05, 3.63) is 35.5 Å². The van der Waals surface area contributed by atoms with Crippen molar-refractivity contribution >= 4 is 5.91 Å². The summed E-state index contributed by atoms with van der Waals surface area (Å²) in [7, 11) is 1.88. The van der Waals surface area contributed by atoms with Crippen molar-refractivity contribution in [1.82, 2.24) is 19.8 Å². The number of hydrogen-bond acceptors (Lipinski definition) is 4. The summed E-state index contributed by atoms with van der Waals surface area (Å²) in [5.41, 5.74) is 1.80. The van der Waals surface area contributed by atoms with E-state index in [1.54, 1.807) is 10.7 Å². The van der Waals surface area contributed by atoms with E-state index in [1.807, 2.05) is 31.3 Å². The number of carbonyl (C=O) groups excluding carboxylic acids is 1. The van der Waals surface area contributed by atoms with Crippen LogP contribution in [0.2, 0.25) is 0 Å². The molecule has 0 unspecified atom stereocenters. The molecule has 3 heterocycles. The Bertz CT molecular complexity index is 601. The van der Waals surface area contributed by atoms with Crippen LogP contribution in [0.25, 0.3) is 0 Å². The number of aromatic nitrogens is 3. The molecule has 0 radical (unpaired) electrons. The van der Waals surface area contributed by atoms with Gasteiger partial charge in [0.05, 0.1) is 17.9 Å². The first kappa shape index (κ1) is 12.0. The van der Waals surface area contributed by atoms with Crippen molar-refractivity contribution in [2.75, 3.05) is 6.54 Å². The van der Waals surface area contributed by atoms with Gasteiger partial charge in [0.2, 0.25) is 5.76 Å². The van der Waals surface area contributed by atoms with E-state index in [1.165, 1.54) is 0 Å². The van der Waals surface area contributed by atoms with Crippen LogP contribution >= 0.6 is 0 Å². The maximum absolute atomic E-state index is 12.4. The third-order valence-corrected chi connectivity index (χ3v) is 3.46. The highest BCUT2D eigenvalue weighted by Gasteiger charge is 2.33. The Balaban J connectivity index is 1.85. The largest absolute Gasteiger partial charge is 0.351 e. The average molecular weight is 260 g/mol. The number of carbonyl (C=O) groups is 1. The molecule has 0 aliphatic carbocycles. The highest BCUT2D eigenvalue weighted by molar-refractivity contribution is 5.92. The molecule has 100 valence electrons. The minimum atomic E-state index is -0.0908. The van der Waals surface area contributed by atoms with Gasteiger partial charge in [-0.1, -0.05) is 5.16 Å². The molecule has 6 nitrogen and oxygen atoms in total. The van der Waals surface area contributed by atoms with Gasteiger partial charge in [0.25, 0.3) is 5.91 Å². The maximum Gasteiger partial charge on any atom is 0.292 e. The monoisotopic (exact) mass is 260 g/mol. The van der Waals surface area contributed by atoms with Crippen molar-refractivity contribution in [2.24, 2.45) is 7.05 Å². The number of hydrogen-bond donors (Lipinski definition) is 0. The van der Waals surface area contributed by atoms with Crippen LogP contribution in [0.1, 0.15) is 40.7 Å². The molecule has 3 rings (SSSR count). The van der Waals surface area contributed by atoms with Crippen LogP contribution in [-0.2, 0) is 7.05 Å². The number of likely N-dealkylation sites (tertiary alicyclic amines) is 1. The quantitative estimate of drug-likeness (QED) is 0.824. The van der Waals surface area contributed by atoms with Crippen molar-refractivity contribution < 1.29 is 9.32 Å². The lowest BCUT2D eigenvalue weighted by atomic mass is 10.1. The summed E-state index contributed by atoms with van der Waals surface area (Å²) in [5.74, 6) is 0.222. The van der Waals surface area contributed by atoms with E-state index in [-0.39, 0.29) is 11.9 Å². The molecule has 1 fully saturated rings. The molecule has 1 atom stereocenters. The van der Waals surface area contributed by atoms with Crippen molar-refractivity contribution in [3.8, 4) is 0 Å². The fourth-order valence-electron chi connectivity index (χ4n) is 2.57. The Hall–Kier alpha value is -2.11. The van der Waals surface area contributed by atoms with Gasteiger partial charge in [0, 0.05) is 31.4 Å². The van der Waals surface area contributed by atoms with Gasteiger partial charge in [0.15, 0.2) is 0 Å². The fourth-order valence-corrected chi connectivity index (χ4v) is 2.57. The molecule has 1 saturated heterocycles. The fraction of sp³-hybridized carbons (Fsp3) is 0.462. The third kappa shape index (κ3) is 2.14. The van der Waals surface area contributed by atoms with Crippen LogP contribution in [0, 0.1) is 6.92 Å². The van der Waals surface area contributed by atoms with Crippen LogP contribution in [-0.4, -0.2) is 32.3 Å². The van der Waals surface area contributed by atoms with E-state index in [0.717, 1.165) is 30.6 Å². The van der Waals surface area contributed by atoms with Crippen molar-refractivity contribution in [3.63, 3.8) is 0 Å². The van der Waals surface area contributed by atoms with Gasteiger partial charge < -0.3 is 9.42 Å². The second-order valence-electron chi connectivity index (χ2n) is 4.94. The zero-order chi connectivity index (χ0) is 13.4. The third-order valence-electron chi connectivity index (χ3n) is 3.46. The first-order chi connectivity index (χ1) is 9.15. The summed E-state index contributed by atoms with van der Waals surface area (Å²) >= 11 is 0. The molecular weight excluding hydrogens is 244 g/mol. The number of nitrogens with zero attached hydrogens (tertiary/aromatic N) is 4. The molecule has 1 aliphatic rings. The first-order valence-electron chi connectivity index (χ1n) is 6.38. The van der Waals surface area contributed by atoms with Gasteiger partial charge in [-0.05, 0) is 19.8 Å². The molecule has 0 bridgehead atoms. The van der Waals surface area contributed by atoms with E-state index in [9.17, 15) is 4.79 Å². The Labute approximate surface area is 111 Å². The van der Waals surface area contributed by atoms with E-state index < -0.39 is 0 Å². The van der Waals surface area contributed by atoms with Crippen LogP contribution in [0.5, 0.6) is 0 Å². The molecule has 1 aliphatic heterocycles. The standard InChI is InChI=1S/C13H16N4O2/c1-9-6-12(19-15-9)13(18)17-5-3-4-11(17)10-7-14-16(2)8-10/h6-8,11H,3-5H2,1-2H3/t11-/m0/s1. The Morgan fingerprint density at radius 2 is 2.37 bits per heavy atom. The zero-order valence-corrected chi connectivity index (χ0v) is 11.0. The van der Waals surface area contributed by atoms with E-state index >= 15 is 0 Å². The normalized spacial score (nSPS) is 19.1. The predicted octanol–water partition coefficient (Wildman–Crippen LogP) is 1.69. The van der Waals surface area contributed by atoms with Crippen molar-refractivity contribution in [2.45, 2.75) is 25.8 Å². The van der Waals surface area contributed by atoms with Gasteiger partial charge in [0.1, 0.15) is 0 Å². The van der Waals surface area contributed by atoms with Gasteiger partial charge in [-0.3, -0.25) is 9.48 Å². The van der Waals surface area contributed by atoms with Gasteiger partial charge in [-0.25, -0.2) is 0 Å². The van der Waals surface area contributed by atoms with E-state index in [4.69, 9.17) is 4.52 Å². The minimum absolute atomic E-state index is 0.0895. The van der Waals surface area contributed by atoms with Crippen LogP contribution in [0.3, 0.4) is 0 Å². The van der Waals surface area contributed by atoms with E-state index in [2.05, 4.69) is 10.3 Å². The molecule has 6 heteroatoms. The SMILES string of the molecule is Cc1cc(C(=O)N2CCC[C@H]2c2cnn(C)c2)on1. The van der Waals surface area contributed by atoms with Crippen molar-refractivity contribution in [1.29, 1.82) is 0 Å². The Kier molecular flexibility index (Phi) is 2.85. The highest BCUT2D eigenvalue weighted by Crippen LogP contribution is 2.32. The second kappa shape index (κ2) is 4.53. The van der Waals surface area contributed by atoms with Gasteiger partial charge in [-0.2, -0.15) is 5.10 Å². The number of amides is 1. The highest BCUT2D eigenvalue weighted by atomic mass is 16.5. The molecule has 2 aromatic heterocycles. The summed E-state index contributed by atoms with van der Waals surface area (Å²) in [5, 5.41) is 7.95. The van der Waals surface area contributed by atoms with Crippen LogP contribution < -0.4 is 0 Å². The van der Waals surface area contributed by atoms with Crippen LogP contribution in [0.15, 0.2) is 23.0 Å².